The third-order valence-corrected chi connectivity index (χ3v) is 4.68. The number of nitrogens with zero attached hydrogens (tertiary/aromatic N) is 2. The van der Waals surface area contributed by atoms with E-state index in [1.54, 1.807) is 0 Å². The first kappa shape index (κ1) is 19.5. The van der Waals surface area contributed by atoms with Gasteiger partial charge in [-0.2, -0.15) is 0 Å². The van der Waals surface area contributed by atoms with Crippen LogP contribution < -0.4 is 16.4 Å². The van der Waals surface area contributed by atoms with Crippen LogP contribution in [-0.2, 0) is 13.1 Å². The van der Waals surface area contributed by atoms with E-state index in [0.717, 1.165) is 16.7 Å². The second-order valence-corrected chi connectivity index (χ2v) is 6.61. The van der Waals surface area contributed by atoms with Crippen molar-refractivity contribution in [2.75, 3.05) is 16.4 Å². The molecular weight excluding hydrogens is 368 g/mol. The molecule has 0 aliphatic carbocycles. The number of hydrogen-bond donors (Lipinski definition) is 2. The molecule has 0 saturated carbocycles. The van der Waals surface area contributed by atoms with Crippen LogP contribution in [0.5, 0.6) is 0 Å². The Labute approximate surface area is 171 Å². The quantitative estimate of drug-likeness (QED) is 0.501. The zero-order valence-electron chi connectivity index (χ0n) is 15.5. The molecule has 4 nitrogen and oxygen atoms in total. The van der Waals surface area contributed by atoms with E-state index in [2.05, 4.69) is 29.2 Å². The fourth-order valence-electron chi connectivity index (χ4n) is 3.29. The summed E-state index contributed by atoms with van der Waals surface area (Å²) in [5.74, 6) is 0.721. The van der Waals surface area contributed by atoms with Crippen molar-refractivity contribution in [3.8, 4) is 0 Å². The highest BCUT2D eigenvalue weighted by Crippen LogP contribution is 2.34. The maximum absolute atomic E-state index is 6.43. The number of rotatable bonds is 5. The Bertz CT molecular complexity index is 1010. The summed E-state index contributed by atoms with van der Waals surface area (Å²) in [6.07, 6.45) is 0. The van der Waals surface area contributed by atoms with Gasteiger partial charge in [-0.15, -0.1) is 12.4 Å². The molecule has 0 bridgehead atoms. The summed E-state index contributed by atoms with van der Waals surface area (Å²) in [6, 6.07) is 28.5. The molecule has 0 unspecified atom stereocenters. The molecule has 0 aliphatic rings. The van der Waals surface area contributed by atoms with Gasteiger partial charge in [0.05, 0.1) is 16.9 Å². The predicted octanol–water partition coefficient (Wildman–Crippen LogP) is 5.03. The van der Waals surface area contributed by atoms with Gasteiger partial charge in [0.2, 0.25) is 0 Å². The Kier molecular flexibility index (Phi) is 6.02. The molecule has 3 aromatic carbocycles. The van der Waals surface area contributed by atoms with Gasteiger partial charge < -0.3 is 16.4 Å². The van der Waals surface area contributed by atoms with E-state index >= 15 is 0 Å². The summed E-state index contributed by atoms with van der Waals surface area (Å²) < 4.78 is 0. The smallest absolute Gasteiger partial charge is 0.155 e. The van der Waals surface area contributed by atoms with Crippen LogP contribution in [-0.4, -0.2) is 4.98 Å². The Morgan fingerprint density at radius 3 is 1.71 bits per heavy atom. The van der Waals surface area contributed by atoms with Gasteiger partial charge in [-0.3, -0.25) is 0 Å². The molecular formula is C23H23ClN4. The van der Waals surface area contributed by atoms with Gasteiger partial charge in [-0.25, -0.2) is 4.98 Å². The van der Waals surface area contributed by atoms with Gasteiger partial charge >= 0.3 is 0 Å². The van der Waals surface area contributed by atoms with E-state index in [1.807, 2.05) is 60.7 Å². The maximum atomic E-state index is 6.43. The summed E-state index contributed by atoms with van der Waals surface area (Å²) >= 11 is 0. The maximum Gasteiger partial charge on any atom is 0.155 e. The molecule has 5 heteroatoms. The van der Waals surface area contributed by atoms with E-state index in [4.69, 9.17) is 16.5 Å². The van der Waals surface area contributed by atoms with E-state index < -0.39 is 0 Å². The molecule has 4 rings (SSSR count). The number of fused-ring (bicyclic) bond motifs is 1. The second-order valence-electron chi connectivity index (χ2n) is 6.61. The van der Waals surface area contributed by atoms with Crippen LogP contribution in [0.1, 0.15) is 11.1 Å². The summed E-state index contributed by atoms with van der Waals surface area (Å²) in [5, 5.41) is 0.887. The van der Waals surface area contributed by atoms with Crippen molar-refractivity contribution in [1.82, 2.24) is 4.98 Å². The Morgan fingerprint density at radius 1 is 0.643 bits per heavy atom. The molecule has 1 aromatic heterocycles. The molecule has 0 fully saturated rings. The Hall–Kier alpha value is -3.24. The first-order valence-electron chi connectivity index (χ1n) is 8.99. The van der Waals surface area contributed by atoms with Crippen molar-refractivity contribution < 1.29 is 0 Å². The minimum atomic E-state index is 0. The number of halogens is 1. The van der Waals surface area contributed by atoms with Crippen molar-refractivity contribution in [2.24, 2.45) is 0 Å². The lowest BCUT2D eigenvalue weighted by Gasteiger charge is -2.26. The summed E-state index contributed by atoms with van der Waals surface area (Å²) in [7, 11) is 0. The zero-order valence-corrected chi connectivity index (χ0v) is 16.3. The molecule has 0 aliphatic heterocycles. The normalized spacial score (nSPS) is 10.4. The van der Waals surface area contributed by atoms with Crippen molar-refractivity contribution in [3.05, 3.63) is 96.1 Å². The van der Waals surface area contributed by atoms with Crippen LogP contribution in [0.4, 0.5) is 17.2 Å². The summed E-state index contributed by atoms with van der Waals surface area (Å²) in [4.78, 5) is 7.03. The van der Waals surface area contributed by atoms with Crippen molar-refractivity contribution >= 4 is 40.5 Å². The minimum absolute atomic E-state index is 0. The molecule has 0 amide bonds. The topological polar surface area (TPSA) is 68.2 Å². The average Bonchev–Trinajstić information content (AvgIpc) is 2.72. The Morgan fingerprint density at radius 2 is 1.14 bits per heavy atom. The third kappa shape index (κ3) is 4.02. The molecule has 0 atom stereocenters. The molecule has 0 saturated heterocycles. The highest BCUT2D eigenvalue weighted by molar-refractivity contribution is 6.00. The van der Waals surface area contributed by atoms with Gasteiger partial charge in [-0.1, -0.05) is 78.9 Å². The van der Waals surface area contributed by atoms with Crippen molar-refractivity contribution in [1.29, 1.82) is 0 Å². The van der Waals surface area contributed by atoms with Crippen molar-refractivity contribution in [3.63, 3.8) is 0 Å². The van der Waals surface area contributed by atoms with Gasteiger partial charge in [0, 0.05) is 18.5 Å². The number of nitrogen functional groups attached to an aromatic ring is 2. The van der Waals surface area contributed by atoms with E-state index in [0.29, 0.717) is 24.5 Å². The molecule has 142 valence electrons. The van der Waals surface area contributed by atoms with Crippen LogP contribution in [0.2, 0.25) is 0 Å². The third-order valence-electron chi connectivity index (χ3n) is 4.68. The van der Waals surface area contributed by atoms with E-state index in [-0.39, 0.29) is 12.4 Å². The summed E-state index contributed by atoms with van der Waals surface area (Å²) in [5.41, 5.74) is 17.1. The van der Waals surface area contributed by atoms with E-state index in [1.165, 1.54) is 11.1 Å². The van der Waals surface area contributed by atoms with Crippen molar-refractivity contribution in [2.45, 2.75) is 13.1 Å². The number of hydrogen-bond acceptors (Lipinski definition) is 4. The predicted molar refractivity (Wildman–Crippen MR) is 121 cm³/mol. The van der Waals surface area contributed by atoms with Crippen LogP contribution in [0.3, 0.4) is 0 Å². The first-order valence-corrected chi connectivity index (χ1v) is 8.99. The lowest BCUT2D eigenvalue weighted by molar-refractivity contribution is 0.788. The highest BCUT2D eigenvalue weighted by Gasteiger charge is 2.17. The van der Waals surface area contributed by atoms with Crippen LogP contribution >= 0.6 is 12.4 Å². The number of anilines is 3. The number of para-hydroxylation sites is 1. The number of pyridine rings is 1. The van der Waals surface area contributed by atoms with Crippen LogP contribution in [0.15, 0.2) is 84.9 Å². The standard InChI is InChI=1S/C23H22N4.ClH/c24-21-19-13-7-8-14-20(19)26-23(22(21)25)27(15-17-9-3-1-4-10-17)16-18-11-5-2-6-12-18;/h1-14H,15-16,25H2,(H2,24,26);1H. The monoisotopic (exact) mass is 390 g/mol. The van der Waals surface area contributed by atoms with Gasteiger partial charge in [-0.05, 0) is 17.2 Å². The fourth-order valence-corrected chi connectivity index (χ4v) is 3.29. The number of aromatic nitrogens is 1. The van der Waals surface area contributed by atoms with Gasteiger partial charge in [0.25, 0.3) is 0 Å². The zero-order chi connectivity index (χ0) is 18.6. The molecule has 0 radical (unpaired) electrons. The van der Waals surface area contributed by atoms with Crippen LogP contribution in [0.25, 0.3) is 10.9 Å². The largest absolute Gasteiger partial charge is 0.396 e. The lowest BCUT2D eigenvalue weighted by atomic mass is 10.1. The average molecular weight is 391 g/mol. The fraction of sp³-hybridized carbons (Fsp3) is 0.0870. The second kappa shape index (κ2) is 8.63. The van der Waals surface area contributed by atoms with Gasteiger partial charge in [0.15, 0.2) is 5.82 Å². The Balaban J connectivity index is 0.00000225. The number of benzene rings is 3. The minimum Gasteiger partial charge on any atom is -0.396 e. The van der Waals surface area contributed by atoms with Crippen LogP contribution in [0, 0.1) is 0 Å². The SMILES string of the molecule is Cl.Nc1c(N(Cc2ccccc2)Cc2ccccc2)nc2ccccc2c1N. The first-order chi connectivity index (χ1) is 13.2. The number of nitrogens with two attached hydrogens (primary N) is 2. The molecule has 4 N–H and O–H groups in total. The lowest BCUT2D eigenvalue weighted by Crippen LogP contribution is -2.24. The molecule has 4 aromatic rings. The molecule has 0 spiro atoms. The van der Waals surface area contributed by atoms with Gasteiger partial charge in [0.1, 0.15) is 0 Å². The summed E-state index contributed by atoms with van der Waals surface area (Å²) in [6.45, 7) is 1.40. The molecule has 1 heterocycles. The highest BCUT2D eigenvalue weighted by atomic mass is 35.5. The van der Waals surface area contributed by atoms with E-state index in [9.17, 15) is 0 Å². The molecule has 28 heavy (non-hydrogen) atoms.